The zero-order valence-electron chi connectivity index (χ0n) is 23.2. The fourth-order valence-corrected chi connectivity index (χ4v) is 6.77. The van der Waals surface area contributed by atoms with Crippen molar-refractivity contribution in [3.63, 3.8) is 0 Å². The highest BCUT2D eigenvalue weighted by atomic mass is 32.1. The van der Waals surface area contributed by atoms with Crippen molar-refractivity contribution in [2.45, 2.75) is 0 Å². The summed E-state index contributed by atoms with van der Waals surface area (Å²) in [6.45, 7) is 0. The maximum Gasteiger partial charge on any atom is 0.164 e. The van der Waals surface area contributed by atoms with Crippen LogP contribution >= 0.6 is 11.3 Å². The van der Waals surface area contributed by atoms with Gasteiger partial charge in [0.15, 0.2) is 17.5 Å². The molecular weight excluding hydrogens is 543 g/mol. The summed E-state index contributed by atoms with van der Waals surface area (Å²) in [6.07, 6.45) is 0. The predicted octanol–water partition coefficient (Wildman–Crippen LogP) is 10.6. The van der Waals surface area contributed by atoms with Crippen molar-refractivity contribution < 1.29 is 0 Å². The van der Waals surface area contributed by atoms with Crippen LogP contribution in [0.15, 0.2) is 152 Å². The molecule has 2 heterocycles. The van der Waals surface area contributed by atoms with Gasteiger partial charge in [-0.15, -0.1) is 11.3 Å². The van der Waals surface area contributed by atoms with E-state index in [0.29, 0.717) is 17.5 Å². The van der Waals surface area contributed by atoms with Gasteiger partial charge in [0.2, 0.25) is 0 Å². The molecule has 3 nitrogen and oxygen atoms in total. The van der Waals surface area contributed by atoms with E-state index in [0.717, 1.165) is 27.8 Å². The highest BCUT2D eigenvalue weighted by molar-refractivity contribution is 7.25. The van der Waals surface area contributed by atoms with Crippen LogP contribution in [0.1, 0.15) is 0 Å². The molecule has 8 rings (SSSR count). The molecule has 4 heteroatoms. The molecule has 0 aliphatic rings. The topological polar surface area (TPSA) is 38.7 Å². The van der Waals surface area contributed by atoms with Crippen molar-refractivity contribution >= 4 is 31.5 Å². The highest BCUT2D eigenvalue weighted by Crippen LogP contribution is 2.40. The molecule has 0 saturated heterocycles. The molecule has 43 heavy (non-hydrogen) atoms. The number of thiophene rings is 1. The Morgan fingerprint density at radius 3 is 1.58 bits per heavy atom. The van der Waals surface area contributed by atoms with Gasteiger partial charge < -0.3 is 0 Å². The van der Waals surface area contributed by atoms with Gasteiger partial charge in [-0.1, -0.05) is 133 Å². The number of aromatic nitrogens is 3. The van der Waals surface area contributed by atoms with Gasteiger partial charge in [0.25, 0.3) is 0 Å². The first kappa shape index (κ1) is 25.3. The van der Waals surface area contributed by atoms with Crippen molar-refractivity contribution in [1.29, 1.82) is 0 Å². The largest absolute Gasteiger partial charge is 0.208 e. The predicted molar refractivity (Wildman–Crippen MR) is 180 cm³/mol. The summed E-state index contributed by atoms with van der Waals surface area (Å²) in [5, 5.41) is 2.58. The number of fused-ring (bicyclic) bond motifs is 3. The first-order valence-corrected chi connectivity index (χ1v) is 15.1. The van der Waals surface area contributed by atoms with Crippen LogP contribution < -0.4 is 0 Å². The van der Waals surface area contributed by atoms with Gasteiger partial charge in [-0.2, -0.15) is 0 Å². The first-order valence-electron chi connectivity index (χ1n) is 14.3. The lowest BCUT2D eigenvalue weighted by Gasteiger charge is -2.11. The Morgan fingerprint density at radius 1 is 0.349 bits per heavy atom. The zero-order valence-corrected chi connectivity index (χ0v) is 24.0. The van der Waals surface area contributed by atoms with E-state index in [-0.39, 0.29) is 0 Å². The highest BCUT2D eigenvalue weighted by Gasteiger charge is 2.15. The average Bonchev–Trinajstić information content (AvgIpc) is 3.48. The second kappa shape index (κ2) is 10.8. The lowest BCUT2D eigenvalue weighted by atomic mass is 9.98. The minimum Gasteiger partial charge on any atom is -0.208 e. The third-order valence-electron chi connectivity index (χ3n) is 7.75. The zero-order chi connectivity index (χ0) is 28.6. The summed E-state index contributed by atoms with van der Waals surface area (Å²) in [6, 6.07) is 52.7. The van der Waals surface area contributed by atoms with Crippen molar-refractivity contribution in [3.8, 4) is 56.4 Å². The van der Waals surface area contributed by atoms with E-state index < -0.39 is 0 Å². The SMILES string of the molecule is c1ccc(-c2ccc(-c3nc(-c4ccccc4)nc(-c4cccc(-c5cccc6sc7ccccc7c56)c4)n3)cc2)cc1. The van der Waals surface area contributed by atoms with E-state index in [1.165, 1.54) is 31.3 Å². The summed E-state index contributed by atoms with van der Waals surface area (Å²) >= 11 is 1.84. The van der Waals surface area contributed by atoms with Crippen LogP contribution in [0.3, 0.4) is 0 Å². The number of rotatable bonds is 5. The molecule has 0 aliphatic heterocycles. The Bertz CT molecular complexity index is 2220. The number of hydrogen-bond donors (Lipinski definition) is 0. The summed E-state index contributed by atoms with van der Waals surface area (Å²) in [5.41, 5.74) is 7.55. The average molecular weight is 568 g/mol. The molecule has 0 unspecified atom stereocenters. The molecule has 0 atom stereocenters. The molecule has 0 aliphatic carbocycles. The fraction of sp³-hybridized carbons (Fsp3) is 0. The first-order chi connectivity index (χ1) is 21.3. The molecular formula is C39H25N3S. The normalized spacial score (nSPS) is 11.3. The number of benzene rings is 6. The molecule has 6 aromatic carbocycles. The van der Waals surface area contributed by atoms with Gasteiger partial charge in [0.1, 0.15) is 0 Å². The molecule has 0 bridgehead atoms. The van der Waals surface area contributed by atoms with Crippen LogP contribution in [-0.2, 0) is 0 Å². The molecule has 0 fully saturated rings. The second-order valence-electron chi connectivity index (χ2n) is 10.5. The van der Waals surface area contributed by atoms with Crippen molar-refractivity contribution in [2.75, 3.05) is 0 Å². The second-order valence-corrected chi connectivity index (χ2v) is 11.6. The molecule has 0 N–H and O–H groups in total. The van der Waals surface area contributed by atoms with Crippen LogP contribution in [0.5, 0.6) is 0 Å². The van der Waals surface area contributed by atoms with Crippen molar-refractivity contribution in [1.82, 2.24) is 15.0 Å². The van der Waals surface area contributed by atoms with E-state index in [1.54, 1.807) is 0 Å². The van der Waals surface area contributed by atoms with Crippen LogP contribution in [0, 0.1) is 0 Å². The van der Waals surface area contributed by atoms with Crippen LogP contribution in [0.2, 0.25) is 0 Å². The van der Waals surface area contributed by atoms with E-state index in [4.69, 9.17) is 15.0 Å². The van der Waals surface area contributed by atoms with E-state index in [9.17, 15) is 0 Å². The van der Waals surface area contributed by atoms with Gasteiger partial charge in [0.05, 0.1) is 0 Å². The maximum atomic E-state index is 5.02. The van der Waals surface area contributed by atoms with Crippen molar-refractivity contribution in [3.05, 3.63) is 152 Å². The summed E-state index contributed by atoms with van der Waals surface area (Å²) in [4.78, 5) is 14.9. The molecule has 0 amide bonds. The molecule has 0 radical (unpaired) electrons. The number of nitrogens with zero attached hydrogens (tertiary/aromatic N) is 3. The molecule has 0 spiro atoms. The van der Waals surface area contributed by atoms with E-state index in [2.05, 4.69) is 115 Å². The maximum absolute atomic E-state index is 5.02. The smallest absolute Gasteiger partial charge is 0.164 e. The van der Waals surface area contributed by atoms with E-state index in [1.807, 2.05) is 47.7 Å². The molecule has 8 aromatic rings. The quantitative estimate of drug-likeness (QED) is 0.208. The minimum absolute atomic E-state index is 0.653. The van der Waals surface area contributed by atoms with Gasteiger partial charge in [-0.05, 0) is 40.5 Å². The Labute approximate surface area is 253 Å². The van der Waals surface area contributed by atoms with Gasteiger partial charge >= 0.3 is 0 Å². The van der Waals surface area contributed by atoms with Crippen LogP contribution in [0.4, 0.5) is 0 Å². The molecule has 2 aromatic heterocycles. The summed E-state index contributed by atoms with van der Waals surface area (Å²) < 4.78 is 2.59. The Hall–Kier alpha value is -5.45. The lowest BCUT2D eigenvalue weighted by molar-refractivity contribution is 1.07. The third-order valence-corrected chi connectivity index (χ3v) is 8.89. The Balaban J connectivity index is 1.26. The molecule has 202 valence electrons. The Kier molecular flexibility index (Phi) is 6.32. The molecule has 0 saturated carbocycles. The lowest BCUT2D eigenvalue weighted by Crippen LogP contribution is -2.00. The van der Waals surface area contributed by atoms with Gasteiger partial charge in [-0.25, -0.2) is 15.0 Å². The monoisotopic (exact) mass is 567 g/mol. The minimum atomic E-state index is 0.653. The summed E-state index contributed by atoms with van der Waals surface area (Å²) in [5.74, 6) is 1.96. The van der Waals surface area contributed by atoms with Crippen molar-refractivity contribution in [2.24, 2.45) is 0 Å². The third kappa shape index (κ3) is 4.78. The Morgan fingerprint density at radius 2 is 0.837 bits per heavy atom. The van der Waals surface area contributed by atoms with Gasteiger partial charge in [-0.3, -0.25) is 0 Å². The standard InChI is InChI=1S/C39H25N3S/c1-3-11-26(12-4-1)27-21-23-29(24-22-27)38-40-37(28-13-5-2-6-14-28)41-39(42-38)31-16-9-15-30(25-31)32-18-10-20-35-36(32)33-17-7-8-19-34(33)43-35/h1-25H. The van der Waals surface area contributed by atoms with Crippen LogP contribution in [0.25, 0.3) is 76.6 Å². The number of hydrogen-bond acceptors (Lipinski definition) is 4. The fourth-order valence-electron chi connectivity index (χ4n) is 5.63. The van der Waals surface area contributed by atoms with Gasteiger partial charge in [0, 0.05) is 36.9 Å². The van der Waals surface area contributed by atoms with Crippen LogP contribution in [-0.4, -0.2) is 15.0 Å². The van der Waals surface area contributed by atoms with E-state index >= 15 is 0 Å². The summed E-state index contributed by atoms with van der Waals surface area (Å²) in [7, 11) is 0.